The standard InChI is InChI=1S/C12H19N3/c1-4-9-15(3)12-11(10-13-5-2)7-6-8-14-12/h4,6-8,13H,1,5,9-10H2,2-3H3. The van der Waals surface area contributed by atoms with Crippen LogP contribution in [0.4, 0.5) is 5.82 Å². The summed E-state index contributed by atoms with van der Waals surface area (Å²) in [5, 5.41) is 3.31. The number of nitrogens with one attached hydrogen (secondary N) is 1. The molecule has 3 heteroatoms. The normalized spacial score (nSPS) is 10.0. The number of hydrogen-bond donors (Lipinski definition) is 1. The van der Waals surface area contributed by atoms with Crippen LogP contribution in [0.2, 0.25) is 0 Å². The predicted octanol–water partition coefficient (Wildman–Crippen LogP) is 1.81. The van der Waals surface area contributed by atoms with Crippen molar-refractivity contribution in [3.63, 3.8) is 0 Å². The van der Waals surface area contributed by atoms with E-state index in [0.717, 1.165) is 25.5 Å². The molecule has 0 fully saturated rings. The van der Waals surface area contributed by atoms with E-state index in [1.807, 2.05) is 25.4 Å². The fourth-order valence-electron chi connectivity index (χ4n) is 1.45. The Bertz CT molecular complexity index is 309. The van der Waals surface area contributed by atoms with Crippen molar-refractivity contribution >= 4 is 5.82 Å². The maximum absolute atomic E-state index is 4.39. The lowest BCUT2D eigenvalue weighted by Gasteiger charge is -2.19. The van der Waals surface area contributed by atoms with Crippen LogP contribution in [0.3, 0.4) is 0 Å². The van der Waals surface area contributed by atoms with Crippen molar-refractivity contribution in [1.29, 1.82) is 0 Å². The molecule has 0 saturated heterocycles. The van der Waals surface area contributed by atoms with Crippen molar-refractivity contribution in [2.75, 3.05) is 25.0 Å². The molecule has 1 aromatic heterocycles. The highest BCUT2D eigenvalue weighted by Crippen LogP contribution is 2.15. The summed E-state index contributed by atoms with van der Waals surface area (Å²) in [6.45, 7) is 8.48. The van der Waals surface area contributed by atoms with Gasteiger partial charge in [-0.1, -0.05) is 19.1 Å². The van der Waals surface area contributed by atoms with Gasteiger partial charge in [0, 0.05) is 31.9 Å². The maximum atomic E-state index is 4.39. The summed E-state index contributed by atoms with van der Waals surface area (Å²) in [6, 6.07) is 4.07. The highest BCUT2D eigenvalue weighted by molar-refractivity contribution is 5.46. The van der Waals surface area contributed by atoms with E-state index in [2.05, 4.69) is 34.8 Å². The van der Waals surface area contributed by atoms with Gasteiger partial charge in [-0.2, -0.15) is 0 Å². The zero-order valence-corrected chi connectivity index (χ0v) is 9.53. The molecule has 0 aliphatic heterocycles. The van der Waals surface area contributed by atoms with Crippen LogP contribution in [0, 0.1) is 0 Å². The summed E-state index contributed by atoms with van der Waals surface area (Å²) in [4.78, 5) is 6.49. The molecule has 0 unspecified atom stereocenters. The summed E-state index contributed by atoms with van der Waals surface area (Å²) >= 11 is 0. The van der Waals surface area contributed by atoms with E-state index in [1.165, 1.54) is 5.56 Å². The number of aromatic nitrogens is 1. The van der Waals surface area contributed by atoms with Gasteiger partial charge in [-0.25, -0.2) is 4.98 Å². The lowest BCUT2D eigenvalue weighted by Crippen LogP contribution is -2.22. The summed E-state index contributed by atoms with van der Waals surface area (Å²) in [5.74, 6) is 1.03. The number of hydrogen-bond acceptors (Lipinski definition) is 3. The molecule has 0 aliphatic carbocycles. The Morgan fingerprint density at radius 2 is 2.40 bits per heavy atom. The second-order valence-electron chi connectivity index (χ2n) is 3.44. The molecule has 3 nitrogen and oxygen atoms in total. The fraction of sp³-hybridized carbons (Fsp3) is 0.417. The lowest BCUT2D eigenvalue weighted by molar-refractivity contribution is 0.721. The first kappa shape index (κ1) is 11.7. The van der Waals surface area contributed by atoms with Crippen molar-refractivity contribution in [3.05, 3.63) is 36.5 Å². The van der Waals surface area contributed by atoms with Gasteiger partial charge in [0.05, 0.1) is 0 Å². The Hall–Kier alpha value is -1.35. The average molecular weight is 205 g/mol. The van der Waals surface area contributed by atoms with Gasteiger partial charge in [-0.05, 0) is 12.6 Å². The van der Waals surface area contributed by atoms with E-state index in [9.17, 15) is 0 Å². The molecule has 0 amide bonds. The van der Waals surface area contributed by atoms with Gasteiger partial charge >= 0.3 is 0 Å². The third-order valence-electron chi connectivity index (χ3n) is 2.20. The van der Waals surface area contributed by atoms with Crippen LogP contribution in [0.15, 0.2) is 31.0 Å². The van der Waals surface area contributed by atoms with Crippen molar-refractivity contribution < 1.29 is 0 Å². The molecule has 82 valence electrons. The second kappa shape index (κ2) is 6.19. The first-order valence-electron chi connectivity index (χ1n) is 5.26. The van der Waals surface area contributed by atoms with Crippen molar-refractivity contribution in [2.45, 2.75) is 13.5 Å². The molecule has 0 aliphatic rings. The van der Waals surface area contributed by atoms with Gasteiger partial charge in [0.25, 0.3) is 0 Å². The van der Waals surface area contributed by atoms with E-state index >= 15 is 0 Å². The molecular weight excluding hydrogens is 186 g/mol. The van der Waals surface area contributed by atoms with Crippen LogP contribution in [0.1, 0.15) is 12.5 Å². The Balaban J connectivity index is 2.80. The van der Waals surface area contributed by atoms with E-state index < -0.39 is 0 Å². The van der Waals surface area contributed by atoms with Gasteiger partial charge in [0.15, 0.2) is 0 Å². The fourth-order valence-corrected chi connectivity index (χ4v) is 1.45. The molecule has 1 aromatic rings. The smallest absolute Gasteiger partial charge is 0.133 e. The highest BCUT2D eigenvalue weighted by Gasteiger charge is 2.06. The maximum Gasteiger partial charge on any atom is 0.133 e. The Labute approximate surface area is 91.8 Å². The van der Waals surface area contributed by atoms with Crippen molar-refractivity contribution in [1.82, 2.24) is 10.3 Å². The molecular formula is C12H19N3. The van der Waals surface area contributed by atoms with Crippen LogP contribution in [-0.2, 0) is 6.54 Å². The van der Waals surface area contributed by atoms with Gasteiger partial charge < -0.3 is 10.2 Å². The minimum atomic E-state index is 0.816. The van der Waals surface area contributed by atoms with Crippen molar-refractivity contribution in [2.24, 2.45) is 0 Å². The number of pyridine rings is 1. The molecule has 0 saturated carbocycles. The first-order chi connectivity index (χ1) is 7.29. The molecule has 0 spiro atoms. The van der Waals surface area contributed by atoms with Gasteiger partial charge in [0.1, 0.15) is 5.82 Å². The minimum absolute atomic E-state index is 0.816. The molecule has 1 heterocycles. The molecule has 15 heavy (non-hydrogen) atoms. The minimum Gasteiger partial charge on any atom is -0.356 e. The first-order valence-corrected chi connectivity index (χ1v) is 5.26. The van der Waals surface area contributed by atoms with Crippen molar-refractivity contribution in [3.8, 4) is 0 Å². The zero-order chi connectivity index (χ0) is 11.1. The quantitative estimate of drug-likeness (QED) is 0.718. The van der Waals surface area contributed by atoms with Gasteiger partial charge in [0.2, 0.25) is 0 Å². The van der Waals surface area contributed by atoms with E-state index in [4.69, 9.17) is 0 Å². The number of anilines is 1. The average Bonchev–Trinajstić information content (AvgIpc) is 2.27. The molecule has 0 bridgehead atoms. The second-order valence-corrected chi connectivity index (χ2v) is 3.44. The molecule has 0 aromatic carbocycles. The summed E-state index contributed by atoms with van der Waals surface area (Å²) < 4.78 is 0. The largest absolute Gasteiger partial charge is 0.356 e. The number of likely N-dealkylation sites (N-methyl/N-ethyl adjacent to an activating group) is 1. The Morgan fingerprint density at radius 1 is 1.60 bits per heavy atom. The SMILES string of the molecule is C=CCN(C)c1ncccc1CNCC. The molecule has 1 N–H and O–H groups in total. The van der Waals surface area contributed by atoms with Crippen LogP contribution in [0.5, 0.6) is 0 Å². The summed E-state index contributed by atoms with van der Waals surface area (Å²) in [5.41, 5.74) is 1.23. The van der Waals surface area contributed by atoms with E-state index in [1.54, 1.807) is 0 Å². The third-order valence-corrected chi connectivity index (χ3v) is 2.20. The molecule has 0 radical (unpaired) electrons. The predicted molar refractivity (Wildman–Crippen MR) is 65.1 cm³/mol. The van der Waals surface area contributed by atoms with Gasteiger partial charge in [-0.3, -0.25) is 0 Å². The molecule has 1 rings (SSSR count). The van der Waals surface area contributed by atoms with Crippen LogP contribution >= 0.6 is 0 Å². The third kappa shape index (κ3) is 3.36. The van der Waals surface area contributed by atoms with Gasteiger partial charge in [-0.15, -0.1) is 6.58 Å². The zero-order valence-electron chi connectivity index (χ0n) is 9.53. The highest BCUT2D eigenvalue weighted by atomic mass is 15.2. The molecule has 0 atom stereocenters. The Kier molecular flexibility index (Phi) is 4.84. The van der Waals surface area contributed by atoms with Crippen LogP contribution in [-0.4, -0.2) is 25.1 Å². The number of nitrogens with zero attached hydrogens (tertiary/aromatic N) is 2. The van der Waals surface area contributed by atoms with Crippen LogP contribution in [0.25, 0.3) is 0 Å². The number of rotatable bonds is 6. The van der Waals surface area contributed by atoms with Crippen LogP contribution < -0.4 is 10.2 Å². The lowest BCUT2D eigenvalue weighted by atomic mass is 10.2. The topological polar surface area (TPSA) is 28.2 Å². The summed E-state index contributed by atoms with van der Waals surface area (Å²) in [7, 11) is 2.03. The monoisotopic (exact) mass is 205 g/mol. The van der Waals surface area contributed by atoms with E-state index in [0.29, 0.717) is 0 Å². The summed E-state index contributed by atoms with van der Waals surface area (Å²) in [6.07, 6.45) is 3.70. The van der Waals surface area contributed by atoms with E-state index in [-0.39, 0.29) is 0 Å². The Morgan fingerprint density at radius 3 is 3.07 bits per heavy atom.